The molecule has 2 heterocycles. The van der Waals surface area contributed by atoms with Crippen molar-refractivity contribution in [3.05, 3.63) is 34.9 Å². The summed E-state index contributed by atoms with van der Waals surface area (Å²) in [4.78, 5) is 29.0. The van der Waals surface area contributed by atoms with E-state index >= 15 is 0 Å². The number of carbonyl (C=O) groups excluding carboxylic acids is 2. The zero-order chi connectivity index (χ0) is 18.0. The van der Waals surface area contributed by atoms with Gasteiger partial charge in [-0.3, -0.25) is 14.5 Å². The lowest BCUT2D eigenvalue weighted by molar-refractivity contribution is -0.150. The molecule has 0 bridgehead atoms. The first-order valence-corrected chi connectivity index (χ1v) is 9.23. The van der Waals surface area contributed by atoms with Gasteiger partial charge in [0.15, 0.2) is 0 Å². The van der Waals surface area contributed by atoms with E-state index < -0.39 is 0 Å². The Bertz CT molecular complexity index is 654. The highest BCUT2D eigenvalue weighted by atomic mass is 35.5. The van der Waals surface area contributed by atoms with Crippen LogP contribution in [0.3, 0.4) is 0 Å². The van der Waals surface area contributed by atoms with Crippen LogP contribution in [0.5, 0.6) is 0 Å². The highest BCUT2D eigenvalue weighted by Crippen LogP contribution is 2.44. The van der Waals surface area contributed by atoms with E-state index in [2.05, 4.69) is 11.0 Å². The smallest absolute Gasteiger partial charge is 0.311 e. The molecular formula is C19H25ClN2O3. The Morgan fingerprint density at radius 3 is 2.68 bits per heavy atom. The van der Waals surface area contributed by atoms with Crippen molar-refractivity contribution in [3.63, 3.8) is 0 Å². The van der Waals surface area contributed by atoms with Crippen LogP contribution in [-0.2, 0) is 20.9 Å². The Kier molecular flexibility index (Phi) is 5.35. The molecule has 2 aliphatic heterocycles. The lowest BCUT2D eigenvalue weighted by Gasteiger charge is -2.46. The van der Waals surface area contributed by atoms with Gasteiger partial charge in [0.1, 0.15) is 0 Å². The van der Waals surface area contributed by atoms with Crippen molar-refractivity contribution < 1.29 is 14.3 Å². The highest BCUT2D eigenvalue weighted by molar-refractivity contribution is 6.30. The third kappa shape index (κ3) is 3.40. The molecule has 5 nitrogen and oxygen atoms in total. The van der Waals surface area contributed by atoms with Crippen LogP contribution in [0.15, 0.2) is 24.3 Å². The number of amides is 1. The normalized spacial score (nSPS) is 23.2. The molecule has 2 saturated heterocycles. The molecule has 0 radical (unpaired) electrons. The molecular weight excluding hydrogens is 340 g/mol. The van der Waals surface area contributed by atoms with Crippen molar-refractivity contribution in [2.24, 2.45) is 5.92 Å². The summed E-state index contributed by atoms with van der Waals surface area (Å²) in [7, 11) is 1.41. The second kappa shape index (κ2) is 7.34. The lowest BCUT2D eigenvalue weighted by atomic mass is 9.76. The monoisotopic (exact) mass is 364 g/mol. The SMILES string of the molecule is CCN1C(=O)CC(C(=O)OC)C12CCN(Cc1cccc(Cl)c1)CC2. The zero-order valence-corrected chi connectivity index (χ0v) is 15.6. The molecule has 136 valence electrons. The van der Waals surface area contributed by atoms with Crippen molar-refractivity contribution in [1.29, 1.82) is 0 Å². The Hall–Kier alpha value is -1.59. The Labute approximate surface area is 153 Å². The summed E-state index contributed by atoms with van der Waals surface area (Å²) in [5, 5.41) is 0.746. The van der Waals surface area contributed by atoms with E-state index in [1.807, 2.05) is 30.0 Å². The van der Waals surface area contributed by atoms with Gasteiger partial charge in [-0.05, 0) is 37.5 Å². The van der Waals surface area contributed by atoms with E-state index in [9.17, 15) is 9.59 Å². The van der Waals surface area contributed by atoms with Crippen LogP contribution >= 0.6 is 11.6 Å². The number of carbonyl (C=O) groups is 2. The maximum Gasteiger partial charge on any atom is 0.311 e. The summed E-state index contributed by atoms with van der Waals surface area (Å²) < 4.78 is 4.99. The number of rotatable bonds is 4. The van der Waals surface area contributed by atoms with Gasteiger partial charge >= 0.3 is 5.97 Å². The topological polar surface area (TPSA) is 49.9 Å². The molecule has 1 aromatic rings. The number of methoxy groups -OCH3 is 1. The summed E-state index contributed by atoms with van der Waals surface area (Å²) in [5.74, 6) is -0.535. The number of halogens is 1. The van der Waals surface area contributed by atoms with E-state index in [4.69, 9.17) is 16.3 Å². The van der Waals surface area contributed by atoms with Gasteiger partial charge in [-0.1, -0.05) is 23.7 Å². The number of ether oxygens (including phenoxy) is 1. The summed E-state index contributed by atoms with van der Waals surface area (Å²) in [6, 6.07) is 7.90. The van der Waals surface area contributed by atoms with E-state index in [0.29, 0.717) is 6.54 Å². The van der Waals surface area contributed by atoms with Crippen LogP contribution < -0.4 is 0 Å². The Morgan fingerprint density at radius 1 is 1.36 bits per heavy atom. The van der Waals surface area contributed by atoms with Crippen LogP contribution in [0, 0.1) is 5.92 Å². The summed E-state index contributed by atoms with van der Waals surface area (Å²) in [6.45, 7) is 5.16. The van der Waals surface area contributed by atoms with Gasteiger partial charge in [-0.15, -0.1) is 0 Å². The van der Waals surface area contributed by atoms with Crippen molar-refractivity contribution >= 4 is 23.5 Å². The number of piperidine rings is 1. The highest BCUT2D eigenvalue weighted by Gasteiger charge is 2.56. The molecule has 0 aromatic heterocycles. The van der Waals surface area contributed by atoms with Crippen molar-refractivity contribution in [2.45, 2.75) is 38.3 Å². The van der Waals surface area contributed by atoms with E-state index in [1.54, 1.807) is 0 Å². The van der Waals surface area contributed by atoms with Crippen molar-refractivity contribution in [1.82, 2.24) is 9.80 Å². The summed E-state index contributed by atoms with van der Waals surface area (Å²) in [5.41, 5.74) is 0.798. The van der Waals surface area contributed by atoms with E-state index in [0.717, 1.165) is 37.5 Å². The largest absolute Gasteiger partial charge is 0.469 e. The van der Waals surface area contributed by atoms with Crippen LogP contribution in [0.4, 0.5) is 0 Å². The maximum atomic E-state index is 12.4. The van der Waals surface area contributed by atoms with Gasteiger partial charge in [0.25, 0.3) is 0 Å². The van der Waals surface area contributed by atoms with Crippen LogP contribution in [0.1, 0.15) is 31.7 Å². The average molecular weight is 365 g/mol. The first-order valence-electron chi connectivity index (χ1n) is 8.85. The fraction of sp³-hybridized carbons (Fsp3) is 0.579. The van der Waals surface area contributed by atoms with Gasteiger partial charge in [0, 0.05) is 37.6 Å². The first kappa shape index (κ1) is 18.2. The number of hydrogen-bond acceptors (Lipinski definition) is 4. The fourth-order valence-electron chi connectivity index (χ4n) is 4.46. The predicted molar refractivity (Wildman–Crippen MR) is 96.2 cm³/mol. The predicted octanol–water partition coefficient (Wildman–Crippen LogP) is 2.72. The van der Waals surface area contributed by atoms with Gasteiger partial charge < -0.3 is 9.64 Å². The van der Waals surface area contributed by atoms with Crippen molar-refractivity contribution in [2.75, 3.05) is 26.7 Å². The lowest BCUT2D eigenvalue weighted by Crippen LogP contribution is -2.57. The Morgan fingerprint density at radius 2 is 2.08 bits per heavy atom. The summed E-state index contributed by atoms with van der Waals surface area (Å²) in [6.07, 6.45) is 1.87. The first-order chi connectivity index (χ1) is 12.0. The molecule has 1 aromatic carbocycles. The molecule has 1 unspecified atom stereocenters. The third-order valence-corrected chi connectivity index (χ3v) is 5.92. The molecule has 6 heteroatoms. The minimum atomic E-state index is -0.385. The number of hydrogen-bond donors (Lipinski definition) is 0. The summed E-state index contributed by atoms with van der Waals surface area (Å²) >= 11 is 6.07. The van der Waals surface area contributed by atoms with Crippen LogP contribution in [0.25, 0.3) is 0 Å². The van der Waals surface area contributed by atoms with Gasteiger partial charge in [0.05, 0.1) is 18.6 Å². The molecule has 1 spiro atoms. The van der Waals surface area contributed by atoms with Crippen LogP contribution in [-0.4, -0.2) is 54.0 Å². The standard InChI is InChI=1S/C19H25ClN2O3/c1-3-22-17(23)12-16(18(24)25-2)19(22)7-9-21(10-8-19)13-14-5-4-6-15(20)11-14/h4-6,11,16H,3,7-10,12-13H2,1-2H3. The minimum Gasteiger partial charge on any atom is -0.469 e. The quantitative estimate of drug-likeness (QED) is 0.771. The Balaban J connectivity index is 1.73. The number of likely N-dealkylation sites (tertiary alicyclic amines) is 2. The molecule has 2 aliphatic rings. The van der Waals surface area contributed by atoms with E-state index in [1.165, 1.54) is 12.7 Å². The molecule has 0 saturated carbocycles. The molecule has 1 amide bonds. The fourth-order valence-corrected chi connectivity index (χ4v) is 4.67. The second-order valence-electron chi connectivity index (χ2n) is 6.93. The molecule has 25 heavy (non-hydrogen) atoms. The molecule has 0 N–H and O–H groups in total. The minimum absolute atomic E-state index is 0.0705. The van der Waals surface area contributed by atoms with Gasteiger partial charge in [-0.2, -0.15) is 0 Å². The second-order valence-corrected chi connectivity index (χ2v) is 7.36. The van der Waals surface area contributed by atoms with Crippen LogP contribution in [0.2, 0.25) is 5.02 Å². The molecule has 3 rings (SSSR count). The van der Waals surface area contributed by atoms with Gasteiger partial charge in [0.2, 0.25) is 5.91 Å². The average Bonchev–Trinajstić information content (AvgIpc) is 2.88. The van der Waals surface area contributed by atoms with E-state index in [-0.39, 0.29) is 29.8 Å². The number of nitrogens with zero attached hydrogens (tertiary/aromatic N) is 2. The third-order valence-electron chi connectivity index (χ3n) is 5.69. The molecule has 0 aliphatic carbocycles. The van der Waals surface area contributed by atoms with Gasteiger partial charge in [-0.25, -0.2) is 0 Å². The maximum absolute atomic E-state index is 12.4. The number of esters is 1. The number of benzene rings is 1. The molecule has 2 fully saturated rings. The zero-order valence-electron chi connectivity index (χ0n) is 14.8. The van der Waals surface area contributed by atoms with Crippen molar-refractivity contribution in [3.8, 4) is 0 Å². The molecule has 1 atom stereocenters.